The minimum atomic E-state index is -0.0608. The second kappa shape index (κ2) is 5.61. The van der Waals surface area contributed by atoms with Gasteiger partial charge in [0, 0.05) is 5.41 Å². The van der Waals surface area contributed by atoms with Crippen LogP contribution in [0.2, 0.25) is 0 Å². The lowest BCUT2D eigenvalue weighted by molar-refractivity contribution is 0.414. The van der Waals surface area contributed by atoms with Crippen LogP contribution >= 0.6 is 0 Å². The zero-order valence-corrected chi connectivity index (χ0v) is 12.4. The first-order valence-electron chi connectivity index (χ1n) is 7.32. The zero-order chi connectivity index (χ0) is 14.7. The summed E-state index contributed by atoms with van der Waals surface area (Å²) in [6.07, 6.45) is 6.55. The van der Waals surface area contributed by atoms with Crippen molar-refractivity contribution in [1.29, 1.82) is 0 Å². The molecular formula is C20H20O. The Morgan fingerprint density at radius 2 is 1.62 bits per heavy atom. The number of allylic oxidation sites excluding steroid dienone is 3. The van der Waals surface area contributed by atoms with Crippen LogP contribution in [0.1, 0.15) is 24.0 Å². The molecule has 0 aliphatic heterocycles. The molecule has 1 heteroatoms. The predicted octanol–water partition coefficient (Wildman–Crippen LogP) is 4.89. The van der Waals surface area contributed by atoms with Gasteiger partial charge in [0.15, 0.2) is 0 Å². The van der Waals surface area contributed by atoms with Gasteiger partial charge in [0.2, 0.25) is 0 Å². The lowest BCUT2D eigenvalue weighted by atomic mass is 9.68. The summed E-state index contributed by atoms with van der Waals surface area (Å²) in [5.74, 6) is 0.895. The van der Waals surface area contributed by atoms with Crippen molar-refractivity contribution in [3.8, 4) is 5.75 Å². The van der Waals surface area contributed by atoms with E-state index in [0.717, 1.165) is 18.6 Å². The maximum absolute atomic E-state index is 5.28. The average Bonchev–Trinajstić information content (AvgIpc) is 2.57. The van der Waals surface area contributed by atoms with Gasteiger partial charge in [-0.05, 0) is 36.1 Å². The molecule has 0 saturated heterocycles. The summed E-state index contributed by atoms with van der Waals surface area (Å²) in [6, 6.07) is 19.1. The summed E-state index contributed by atoms with van der Waals surface area (Å²) >= 11 is 0. The Hall–Kier alpha value is -2.28. The minimum Gasteiger partial charge on any atom is -0.497 e. The SMILES string of the molecule is C=C1C=CC(c2ccccc2)(c2ccc(OC)cc2)CC1. The molecule has 0 aromatic heterocycles. The lowest BCUT2D eigenvalue weighted by Gasteiger charge is -2.35. The maximum Gasteiger partial charge on any atom is 0.118 e. The molecule has 0 bridgehead atoms. The average molecular weight is 276 g/mol. The minimum absolute atomic E-state index is 0.0608. The van der Waals surface area contributed by atoms with E-state index in [9.17, 15) is 0 Å². The fraction of sp³-hybridized carbons (Fsp3) is 0.200. The third-order valence-corrected chi connectivity index (χ3v) is 4.34. The fourth-order valence-corrected chi connectivity index (χ4v) is 3.06. The topological polar surface area (TPSA) is 9.23 Å². The molecule has 106 valence electrons. The Bertz CT molecular complexity index is 652. The number of ether oxygens (including phenoxy) is 1. The highest BCUT2D eigenvalue weighted by atomic mass is 16.5. The van der Waals surface area contributed by atoms with Crippen molar-refractivity contribution in [2.45, 2.75) is 18.3 Å². The molecule has 2 aromatic rings. The molecule has 1 nitrogen and oxygen atoms in total. The molecule has 0 amide bonds. The van der Waals surface area contributed by atoms with Crippen LogP contribution in [0.15, 0.2) is 78.9 Å². The van der Waals surface area contributed by atoms with E-state index in [1.165, 1.54) is 16.7 Å². The van der Waals surface area contributed by atoms with E-state index in [0.29, 0.717) is 0 Å². The van der Waals surface area contributed by atoms with Gasteiger partial charge >= 0.3 is 0 Å². The van der Waals surface area contributed by atoms with Gasteiger partial charge in [-0.1, -0.05) is 66.8 Å². The Kier molecular flexibility index (Phi) is 3.66. The summed E-state index contributed by atoms with van der Waals surface area (Å²) in [5.41, 5.74) is 3.78. The first-order valence-corrected chi connectivity index (χ1v) is 7.32. The summed E-state index contributed by atoms with van der Waals surface area (Å²) < 4.78 is 5.28. The molecule has 21 heavy (non-hydrogen) atoms. The third kappa shape index (κ3) is 2.52. The second-order valence-corrected chi connectivity index (χ2v) is 5.56. The molecule has 0 N–H and O–H groups in total. The maximum atomic E-state index is 5.28. The van der Waals surface area contributed by atoms with E-state index in [1.54, 1.807) is 7.11 Å². The lowest BCUT2D eigenvalue weighted by Crippen LogP contribution is -2.27. The summed E-state index contributed by atoms with van der Waals surface area (Å²) in [6.45, 7) is 4.09. The van der Waals surface area contributed by atoms with Crippen molar-refractivity contribution >= 4 is 0 Å². The quantitative estimate of drug-likeness (QED) is 0.775. The van der Waals surface area contributed by atoms with Crippen LogP contribution < -0.4 is 4.74 Å². The first-order chi connectivity index (χ1) is 10.2. The van der Waals surface area contributed by atoms with Crippen molar-refractivity contribution in [2.75, 3.05) is 7.11 Å². The summed E-state index contributed by atoms with van der Waals surface area (Å²) in [5, 5.41) is 0. The molecule has 1 atom stereocenters. The van der Waals surface area contributed by atoms with Gasteiger partial charge in [0.1, 0.15) is 5.75 Å². The molecule has 0 radical (unpaired) electrons. The van der Waals surface area contributed by atoms with E-state index in [2.05, 4.69) is 61.2 Å². The highest BCUT2D eigenvalue weighted by Crippen LogP contribution is 2.42. The van der Waals surface area contributed by atoms with Gasteiger partial charge in [-0.25, -0.2) is 0 Å². The van der Waals surface area contributed by atoms with Crippen molar-refractivity contribution in [3.05, 3.63) is 90.0 Å². The number of hydrogen-bond donors (Lipinski definition) is 0. The molecule has 0 saturated carbocycles. The van der Waals surface area contributed by atoms with Crippen molar-refractivity contribution in [3.63, 3.8) is 0 Å². The molecule has 2 aromatic carbocycles. The molecule has 0 spiro atoms. The molecule has 1 unspecified atom stereocenters. The van der Waals surface area contributed by atoms with Crippen molar-refractivity contribution < 1.29 is 4.74 Å². The first kappa shape index (κ1) is 13.7. The Balaban J connectivity index is 2.12. The van der Waals surface area contributed by atoms with Gasteiger partial charge in [0.25, 0.3) is 0 Å². The van der Waals surface area contributed by atoms with Gasteiger partial charge < -0.3 is 4.74 Å². The largest absolute Gasteiger partial charge is 0.497 e. The molecule has 3 rings (SSSR count). The third-order valence-electron chi connectivity index (χ3n) is 4.34. The Morgan fingerprint density at radius 1 is 0.952 bits per heavy atom. The van der Waals surface area contributed by atoms with Crippen molar-refractivity contribution in [1.82, 2.24) is 0 Å². The van der Waals surface area contributed by atoms with E-state index in [1.807, 2.05) is 12.1 Å². The van der Waals surface area contributed by atoms with Crippen molar-refractivity contribution in [2.24, 2.45) is 0 Å². The van der Waals surface area contributed by atoms with Crippen LogP contribution in [0.3, 0.4) is 0 Å². The van der Waals surface area contributed by atoms with Gasteiger partial charge in [-0.15, -0.1) is 0 Å². The normalized spacial score (nSPS) is 21.3. The van der Waals surface area contributed by atoms with Crippen LogP contribution in [0.4, 0.5) is 0 Å². The number of benzene rings is 2. The monoisotopic (exact) mass is 276 g/mol. The smallest absolute Gasteiger partial charge is 0.118 e. The van der Waals surface area contributed by atoms with Gasteiger partial charge in [-0.3, -0.25) is 0 Å². The predicted molar refractivity (Wildman–Crippen MR) is 87.7 cm³/mol. The van der Waals surface area contributed by atoms with E-state index in [-0.39, 0.29) is 5.41 Å². The fourth-order valence-electron chi connectivity index (χ4n) is 3.06. The van der Waals surface area contributed by atoms with Crippen LogP contribution in [0, 0.1) is 0 Å². The van der Waals surface area contributed by atoms with Crippen LogP contribution in [0.25, 0.3) is 0 Å². The molecule has 0 heterocycles. The Labute approximate surface area is 126 Å². The number of rotatable bonds is 3. The molecule has 0 fully saturated rings. The highest BCUT2D eigenvalue weighted by molar-refractivity contribution is 5.48. The second-order valence-electron chi connectivity index (χ2n) is 5.56. The summed E-state index contributed by atoms with van der Waals surface area (Å²) in [4.78, 5) is 0. The number of methoxy groups -OCH3 is 1. The highest BCUT2D eigenvalue weighted by Gasteiger charge is 2.33. The molecule has 1 aliphatic carbocycles. The van der Waals surface area contributed by atoms with Crippen LogP contribution in [-0.4, -0.2) is 7.11 Å². The summed E-state index contributed by atoms with van der Waals surface area (Å²) in [7, 11) is 1.70. The Morgan fingerprint density at radius 3 is 2.19 bits per heavy atom. The molecular weight excluding hydrogens is 256 g/mol. The van der Waals surface area contributed by atoms with Crippen LogP contribution in [0.5, 0.6) is 5.75 Å². The van der Waals surface area contributed by atoms with Gasteiger partial charge in [0.05, 0.1) is 7.11 Å². The van der Waals surface area contributed by atoms with Crippen LogP contribution in [-0.2, 0) is 5.41 Å². The van der Waals surface area contributed by atoms with E-state index < -0.39 is 0 Å². The standard InChI is InChI=1S/C20H20O/c1-16-12-14-20(15-13-16,17-6-4-3-5-7-17)18-8-10-19(21-2)11-9-18/h3-12,14H,1,13,15H2,2H3. The molecule has 1 aliphatic rings. The van der Waals surface area contributed by atoms with E-state index >= 15 is 0 Å². The van der Waals surface area contributed by atoms with Gasteiger partial charge in [-0.2, -0.15) is 0 Å². The zero-order valence-electron chi connectivity index (χ0n) is 12.4. The number of hydrogen-bond acceptors (Lipinski definition) is 1. The van der Waals surface area contributed by atoms with E-state index in [4.69, 9.17) is 4.74 Å².